The Balaban J connectivity index is 1.55. The Morgan fingerprint density at radius 2 is 1.89 bits per heavy atom. The molecule has 3 heterocycles. The number of carbonyl (C=O) groups is 1. The van der Waals surface area contributed by atoms with E-state index in [0.717, 1.165) is 30.8 Å². The highest BCUT2D eigenvalue weighted by Crippen LogP contribution is 2.30. The minimum Gasteiger partial charge on any atom is -0.301 e. The first-order chi connectivity index (χ1) is 13.4. The molecule has 0 aliphatic carbocycles. The number of benzene rings is 1. The summed E-state index contributed by atoms with van der Waals surface area (Å²) in [5, 5.41) is 3.61. The number of aromatic nitrogens is 1. The third kappa shape index (κ3) is 4.27. The standard InChI is InChI=1S/C19H24N4O3S2/c1-22-8-7-15-16(13-22)27-19(20-15)21-18(24)17(14-5-3-2-4-6-14)23-9-11-28(25,26)12-10-23/h2-6,17H,7-13H2,1H3,(H,20,21,24). The second-order valence-electron chi connectivity index (χ2n) is 7.37. The van der Waals surface area contributed by atoms with Crippen molar-refractivity contribution in [1.82, 2.24) is 14.8 Å². The van der Waals surface area contributed by atoms with Crippen molar-refractivity contribution in [3.63, 3.8) is 0 Å². The van der Waals surface area contributed by atoms with Gasteiger partial charge >= 0.3 is 0 Å². The van der Waals surface area contributed by atoms with Crippen molar-refractivity contribution >= 4 is 32.2 Å². The van der Waals surface area contributed by atoms with Gasteiger partial charge < -0.3 is 10.2 Å². The summed E-state index contributed by atoms with van der Waals surface area (Å²) in [5.74, 6) is 0.00755. The Labute approximate surface area is 169 Å². The fourth-order valence-corrected chi connectivity index (χ4v) is 6.02. The average molecular weight is 421 g/mol. The van der Waals surface area contributed by atoms with Crippen LogP contribution >= 0.6 is 11.3 Å². The summed E-state index contributed by atoms with van der Waals surface area (Å²) in [6.07, 6.45) is 0.893. The maximum Gasteiger partial charge on any atom is 0.248 e. The molecule has 0 bridgehead atoms. The molecule has 9 heteroatoms. The van der Waals surface area contributed by atoms with Crippen molar-refractivity contribution in [3.05, 3.63) is 46.5 Å². The van der Waals surface area contributed by atoms with Crippen LogP contribution in [0.25, 0.3) is 0 Å². The molecule has 1 saturated heterocycles. The number of fused-ring (bicyclic) bond motifs is 1. The van der Waals surface area contributed by atoms with Gasteiger partial charge in [-0.25, -0.2) is 13.4 Å². The molecular weight excluding hydrogens is 396 g/mol. The summed E-state index contributed by atoms with van der Waals surface area (Å²) in [6.45, 7) is 2.54. The topological polar surface area (TPSA) is 82.6 Å². The highest BCUT2D eigenvalue weighted by atomic mass is 32.2. The van der Waals surface area contributed by atoms with Gasteiger partial charge in [0.05, 0.1) is 17.2 Å². The van der Waals surface area contributed by atoms with Gasteiger partial charge in [-0.2, -0.15) is 0 Å². The van der Waals surface area contributed by atoms with E-state index in [4.69, 9.17) is 0 Å². The minimum atomic E-state index is -3.01. The lowest BCUT2D eigenvalue weighted by Crippen LogP contribution is -2.46. The van der Waals surface area contributed by atoms with Crippen molar-refractivity contribution in [2.75, 3.05) is 43.5 Å². The Morgan fingerprint density at radius 3 is 2.61 bits per heavy atom. The van der Waals surface area contributed by atoms with Crippen LogP contribution in [0.3, 0.4) is 0 Å². The van der Waals surface area contributed by atoms with Crippen LogP contribution < -0.4 is 5.32 Å². The molecule has 0 radical (unpaired) electrons. The summed E-state index contributed by atoms with van der Waals surface area (Å²) in [6, 6.07) is 9.00. The first-order valence-corrected chi connectivity index (χ1v) is 12.0. The number of amides is 1. The van der Waals surface area contributed by atoms with Gasteiger partial charge in [-0.3, -0.25) is 9.69 Å². The predicted molar refractivity (Wildman–Crippen MR) is 110 cm³/mol. The molecule has 4 rings (SSSR count). The smallest absolute Gasteiger partial charge is 0.248 e. The number of anilines is 1. The van der Waals surface area contributed by atoms with Crippen LogP contribution in [0, 0.1) is 0 Å². The molecule has 1 fully saturated rings. The quantitative estimate of drug-likeness (QED) is 0.808. The second-order valence-corrected chi connectivity index (χ2v) is 10.8. The largest absolute Gasteiger partial charge is 0.301 e. The van der Waals surface area contributed by atoms with E-state index in [2.05, 4.69) is 22.2 Å². The number of sulfone groups is 1. The Hall–Kier alpha value is -1.81. The minimum absolute atomic E-state index is 0.0848. The molecule has 7 nitrogen and oxygen atoms in total. The van der Waals surface area contributed by atoms with Crippen LogP contribution in [0.5, 0.6) is 0 Å². The molecule has 1 amide bonds. The van der Waals surface area contributed by atoms with Crippen LogP contribution in [0.4, 0.5) is 5.13 Å². The van der Waals surface area contributed by atoms with Gasteiger partial charge in [0.2, 0.25) is 5.91 Å². The first kappa shape index (κ1) is 19.5. The molecule has 0 saturated carbocycles. The number of likely N-dealkylation sites (N-methyl/N-ethyl adjacent to an activating group) is 1. The number of thiazole rings is 1. The maximum atomic E-state index is 13.2. The molecule has 2 aromatic rings. The lowest BCUT2D eigenvalue weighted by atomic mass is 10.0. The monoisotopic (exact) mass is 420 g/mol. The molecule has 2 aliphatic rings. The lowest BCUT2D eigenvalue weighted by molar-refractivity contribution is -0.121. The van der Waals surface area contributed by atoms with Crippen molar-refractivity contribution in [2.24, 2.45) is 0 Å². The van der Waals surface area contributed by atoms with E-state index in [1.807, 2.05) is 35.2 Å². The van der Waals surface area contributed by atoms with E-state index < -0.39 is 15.9 Å². The van der Waals surface area contributed by atoms with Crippen LogP contribution in [0.2, 0.25) is 0 Å². The van der Waals surface area contributed by atoms with Gasteiger partial charge in [0.15, 0.2) is 15.0 Å². The van der Waals surface area contributed by atoms with E-state index in [9.17, 15) is 13.2 Å². The molecule has 1 unspecified atom stereocenters. The maximum absolute atomic E-state index is 13.2. The van der Waals surface area contributed by atoms with Gasteiger partial charge in [0, 0.05) is 37.5 Å². The fourth-order valence-electron chi connectivity index (χ4n) is 3.70. The zero-order valence-corrected chi connectivity index (χ0v) is 17.4. The second kappa shape index (κ2) is 7.90. The highest BCUT2D eigenvalue weighted by Gasteiger charge is 2.33. The van der Waals surface area contributed by atoms with E-state index in [1.165, 1.54) is 16.2 Å². The zero-order chi connectivity index (χ0) is 19.7. The third-order valence-corrected chi connectivity index (χ3v) is 7.87. The van der Waals surface area contributed by atoms with Crippen molar-refractivity contribution in [1.29, 1.82) is 0 Å². The Morgan fingerprint density at radius 1 is 1.18 bits per heavy atom. The summed E-state index contributed by atoms with van der Waals surface area (Å²) in [4.78, 5) is 23.2. The molecule has 28 heavy (non-hydrogen) atoms. The third-order valence-electron chi connectivity index (χ3n) is 5.26. The number of rotatable bonds is 4. The van der Waals surface area contributed by atoms with Crippen molar-refractivity contribution in [2.45, 2.75) is 19.0 Å². The highest BCUT2D eigenvalue weighted by molar-refractivity contribution is 7.91. The number of nitrogens with zero attached hydrogens (tertiary/aromatic N) is 3. The van der Waals surface area contributed by atoms with E-state index in [-0.39, 0.29) is 17.4 Å². The van der Waals surface area contributed by atoms with Gasteiger partial charge in [0.1, 0.15) is 6.04 Å². The molecule has 1 aromatic carbocycles. The number of carbonyl (C=O) groups excluding carboxylic acids is 1. The summed E-state index contributed by atoms with van der Waals surface area (Å²) in [5.41, 5.74) is 1.93. The number of nitrogens with one attached hydrogen (secondary N) is 1. The molecule has 1 aromatic heterocycles. The van der Waals surface area contributed by atoms with E-state index in [0.29, 0.717) is 18.2 Å². The van der Waals surface area contributed by atoms with Crippen LogP contribution in [0.1, 0.15) is 22.2 Å². The van der Waals surface area contributed by atoms with Crippen LogP contribution in [0.15, 0.2) is 30.3 Å². The van der Waals surface area contributed by atoms with Gasteiger partial charge in [-0.15, -0.1) is 11.3 Å². The molecular formula is C19H24N4O3S2. The molecule has 1 N–H and O–H groups in total. The lowest BCUT2D eigenvalue weighted by Gasteiger charge is -2.33. The average Bonchev–Trinajstić information content (AvgIpc) is 3.05. The van der Waals surface area contributed by atoms with E-state index in [1.54, 1.807) is 0 Å². The first-order valence-electron chi connectivity index (χ1n) is 9.39. The summed E-state index contributed by atoms with van der Waals surface area (Å²) >= 11 is 1.53. The number of hydrogen-bond acceptors (Lipinski definition) is 7. The van der Waals surface area contributed by atoms with Crippen molar-refractivity contribution in [3.8, 4) is 0 Å². The molecule has 2 aliphatic heterocycles. The summed E-state index contributed by atoms with van der Waals surface area (Å²) < 4.78 is 23.6. The van der Waals surface area contributed by atoms with E-state index >= 15 is 0 Å². The predicted octanol–water partition coefficient (Wildman–Crippen LogP) is 1.54. The van der Waals surface area contributed by atoms with Gasteiger partial charge in [-0.05, 0) is 12.6 Å². The number of hydrogen-bond donors (Lipinski definition) is 1. The van der Waals surface area contributed by atoms with Crippen LogP contribution in [-0.4, -0.2) is 67.3 Å². The van der Waals surface area contributed by atoms with Crippen LogP contribution in [-0.2, 0) is 27.6 Å². The molecule has 150 valence electrons. The summed E-state index contributed by atoms with van der Waals surface area (Å²) in [7, 11) is -0.932. The van der Waals surface area contributed by atoms with Crippen molar-refractivity contribution < 1.29 is 13.2 Å². The Bertz CT molecular complexity index is 945. The van der Waals surface area contributed by atoms with Gasteiger partial charge in [0.25, 0.3) is 0 Å². The zero-order valence-electron chi connectivity index (χ0n) is 15.8. The normalized spacial score (nSPS) is 21.0. The molecule has 1 atom stereocenters. The SMILES string of the molecule is CN1CCc2nc(NC(=O)C(c3ccccc3)N3CCS(=O)(=O)CC3)sc2C1. The van der Waals surface area contributed by atoms with Gasteiger partial charge in [-0.1, -0.05) is 30.3 Å². The fraction of sp³-hybridized carbons (Fsp3) is 0.474. The molecule has 0 spiro atoms. The Kier molecular flexibility index (Phi) is 5.50.